The molecule has 2 amide bonds. The molecule has 1 aromatic rings. The third kappa shape index (κ3) is 5.07. The van der Waals surface area contributed by atoms with Gasteiger partial charge in [-0.3, -0.25) is 9.59 Å². The van der Waals surface area contributed by atoms with Crippen molar-refractivity contribution in [1.29, 1.82) is 0 Å². The van der Waals surface area contributed by atoms with Crippen molar-refractivity contribution >= 4 is 17.7 Å². The van der Waals surface area contributed by atoms with Gasteiger partial charge in [-0.1, -0.05) is 30.3 Å². The molecule has 0 aromatic heterocycles. The molecule has 0 saturated carbocycles. The topological polar surface area (TPSA) is 108 Å². The molecule has 0 unspecified atom stereocenters. The summed E-state index contributed by atoms with van der Waals surface area (Å²) in [5, 5.41) is 10.2. The molecule has 3 heterocycles. The third-order valence-electron chi connectivity index (χ3n) is 6.11. The molecule has 2 fully saturated rings. The van der Waals surface area contributed by atoms with Crippen LogP contribution in [0.1, 0.15) is 37.3 Å². The first-order valence-electron chi connectivity index (χ1n) is 10.9. The number of hydrogen-bond acceptors (Lipinski definition) is 6. The molecule has 0 bridgehead atoms. The van der Waals surface area contributed by atoms with E-state index >= 15 is 0 Å². The molecule has 0 spiro atoms. The number of nitrogens with two attached hydrogens (primary N) is 1. The highest BCUT2D eigenvalue weighted by atomic mass is 19.3. The summed E-state index contributed by atoms with van der Waals surface area (Å²) in [6.07, 6.45) is -1.24. The van der Waals surface area contributed by atoms with Gasteiger partial charge in [0.1, 0.15) is 18.7 Å². The van der Waals surface area contributed by atoms with Crippen molar-refractivity contribution in [2.75, 3.05) is 26.2 Å². The van der Waals surface area contributed by atoms with Gasteiger partial charge in [0.25, 0.3) is 5.92 Å². The highest BCUT2D eigenvalue weighted by molar-refractivity contribution is 5.89. The van der Waals surface area contributed by atoms with Crippen molar-refractivity contribution in [2.45, 2.75) is 55.8 Å². The number of carbonyl (C=O) groups is 2. The number of β-amino-alcohol motifs (C(OH)–C–C–N with tert-alkyl or cyclic N) is 1. The first kappa shape index (κ1) is 22.6. The van der Waals surface area contributed by atoms with E-state index in [2.05, 4.69) is 4.99 Å². The minimum atomic E-state index is -2.94. The van der Waals surface area contributed by atoms with Crippen LogP contribution in [0, 0.1) is 0 Å². The Morgan fingerprint density at radius 3 is 2.84 bits per heavy atom. The quantitative estimate of drug-likeness (QED) is 0.675. The number of ether oxygens (including phenoxy) is 1. The van der Waals surface area contributed by atoms with Gasteiger partial charge in [-0.15, -0.1) is 0 Å². The Kier molecular flexibility index (Phi) is 6.43. The van der Waals surface area contributed by atoms with Crippen molar-refractivity contribution in [1.82, 2.24) is 9.80 Å². The number of nitrogens with zero attached hydrogens (tertiary/aromatic N) is 3. The fourth-order valence-corrected chi connectivity index (χ4v) is 4.49. The van der Waals surface area contributed by atoms with Gasteiger partial charge in [0.2, 0.25) is 17.7 Å². The maximum Gasteiger partial charge on any atom is 0.265 e. The van der Waals surface area contributed by atoms with E-state index in [0.29, 0.717) is 18.9 Å². The Morgan fingerprint density at radius 2 is 2.09 bits per heavy atom. The molecule has 3 N–H and O–H groups in total. The molecule has 3 aliphatic rings. The summed E-state index contributed by atoms with van der Waals surface area (Å²) in [5.41, 5.74) is 7.05. The van der Waals surface area contributed by atoms with Crippen LogP contribution in [0.15, 0.2) is 35.3 Å². The number of piperidine rings is 1. The number of aliphatic imine (C=N–C) groups is 1. The third-order valence-corrected chi connectivity index (χ3v) is 6.11. The molecule has 3 aliphatic heterocycles. The Bertz CT molecular complexity index is 882. The maximum absolute atomic E-state index is 13.6. The van der Waals surface area contributed by atoms with Crippen LogP contribution < -0.4 is 5.73 Å². The minimum Gasteiger partial charge on any atom is -0.477 e. The minimum absolute atomic E-state index is 0.116. The summed E-state index contributed by atoms with van der Waals surface area (Å²) >= 11 is 0. The van der Waals surface area contributed by atoms with Crippen LogP contribution >= 0.6 is 0 Å². The van der Waals surface area contributed by atoms with Crippen LogP contribution in [0.3, 0.4) is 0 Å². The van der Waals surface area contributed by atoms with E-state index in [9.17, 15) is 23.5 Å². The molecule has 174 valence electrons. The monoisotopic (exact) mass is 450 g/mol. The zero-order chi connectivity index (χ0) is 22.9. The number of likely N-dealkylation sites (tertiary alicyclic amines) is 2. The highest BCUT2D eigenvalue weighted by Gasteiger charge is 2.42. The fourth-order valence-electron chi connectivity index (χ4n) is 4.49. The van der Waals surface area contributed by atoms with E-state index < -0.39 is 37.1 Å². The summed E-state index contributed by atoms with van der Waals surface area (Å²) in [7, 11) is 0. The van der Waals surface area contributed by atoms with E-state index in [-0.39, 0.29) is 43.8 Å². The molecule has 10 heteroatoms. The molecule has 0 aliphatic carbocycles. The van der Waals surface area contributed by atoms with Gasteiger partial charge < -0.3 is 25.4 Å². The molecule has 32 heavy (non-hydrogen) atoms. The normalized spacial score (nSPS) is 28.4. The molecule has 1 aromatic carbocycles. The maximum atomic E-state index is 13.6. The van der Waals surface area contributed by atoms with Crippen LogP contribution in [0.2, 0.25) is 0 Å². The smallest absolute Gasteiger partial charge is 0.265 e. The van der Waals surface area contributed by atoms with Gasteiger partial charge in [-0.05, 0) is 5.56 Å². The van der Waals surface area contributed by atoms with Crippen molar-refractivity contribution in [3.63, 3.8) is 0 Å². The summed E-state index contributed by atoms with van der Waals surface area (Å²) < 4.78 is 33.1. The van der Waals surface area contributed by atoms with Crippen molar-refractivity contribution in [2.24, 2.45) is 10.7 Å². The predicted octanol–water partition coefficient (Wildman–Crippen LogP) is 1.09. The van der Waals surface area contributed by atoms with Gasteiger partial charge in [0.15, 0.2) is 0 Å². The number of rotatable bonds is 6. The lowest BCUT2D eigenvalue weighted by molar-refractivity contribution is -0.147. The second kappa shape index (κ2) is 9.11. The number of halogens is 2. The number of hydrogen-bond donors (Lipinski definition) is 2. The number of aliphatic hydroxyl groups is 1. The van der Waals surface area contributed by atoms with Gasteiger partial charge >= 0.3 is 0 Å². The highest BCUT2D eigenvalue weighted by Crippen LogP contribution is 2.30. The van der Waals surface area contributed by atoms with Crippen LogP contribution in [0.4, 0.5) is 8.78 Å². The molecule has 4 rings (SSSR count). The lowest BCUT2D eigenvalue weighted by Crippen LogP contribution is -2.51. The Balaban J connectivity index is 1.38. The molecule has 4 atom stereocenters. The van der Waals surface area contributed by atoms with Crippen LogP contribution in [-0.2, 0) is 14.3 Å². The second-order valence-electron chi connectivity index (χ2n) is 8.75. The summed E-state index contributed by atoms with van der Waals surface area (Å²) in [5.74, 6) is -3.24. The second-order valence-corrected chi connectivity index (χ2v) is 8.75. The van der Waals surface area contributed by atoms with E-state index in [4.69, 9.17) is 10.5 Å². The Labute approximate surface area is 185 Å². The largest absolute Gasteiger partial charge is 0.477 e. The average Bonchev–Trinajstić information content (AvgIpc) is 3.38. The van der Waals surface area contributed by atoms with Crippen molar-refractivity contribution < 1.29 is 28.2 Å². The van der Waals surface area contributed by atoms with Crippen molar-refractivity contribution in [3.8, 4) is 0 Å². The zero-order valence-electron chi connectivity index (χ0n) is 17.7. The Morgan fingerprint density at radius 1 is 1.34 bits per heavy atom. The summed E-state index contributed by atoms with van der Waals surface area (Å²) in [6, 6.07) is 8.20. The molecule has 8 nitrogen and oxygen atoms in total. The van der Waals surface area contributed by atoms with Crippen LogP contribution in [0.5, 0.6) is 0 Å². The molecular weight excluding hydrogens is 422 g/mol. The van der Waals surface area contributed by atoms with Crippen LogP contribution in [-0.4, -0.2) is 83.0 Å². The molecule has 0 radical (unpaired) electrons. The van der Waals surface area contributed by atoms with E-state index in [1.165, 1.54) is 4.90 Å². The lowest BCUT2D eigenvalue weighted by Gasteiger charge is -2.34. The van der Waals surface area contributed by atoms with Crippen molar-refractivity contribution in [3.05, 3.63) is 35.9 Å². The van der Waals surface area contributed by atoms with Gasteiger partial charge in [0.05, 0.1) is 12.6 Å². The first-order chi connectivity index (χ1) is 15.2. The predicted molar refractivity (Wildman–Crippen MR) is 112 cm³/mol. The van der Waals surface area contributed by atoms with E-state index in [1.54, 1.807) is 0 Å². The van der Waals surface area contributed by atoms with E-state index in [0.717, 1.165) is 10.5 Å². The number of benzene rings is 1. The number of alkyl halides is 2. The number of carbonyl (C=O) groups excluding carboxylic acids is 2. The fraction of sp³-hybridized carbons (Fsp3) is 0.591. The number of aliphatic hydroxyl groups excluding tert-OH is 1. The summed E-state index contributed by atoms with van der Waals surface area (Å²) in [4.78, 5) is 32.0. The van der Waals surface area contributed by atoms with Gasteiger partial charge in [0, 0.05) is 44.8 Å². The average molecular weight is 450 g/mol. The first-order valence-corrected chi connectivity index (χ1v) is 10.9. The molecular formula is C22H28F2N4O4. The molecule has 2 saturated heterocycles. The van der Waals surface area contributed by atoms with E-state index in [1.807, 2.05) is 30.3 Å². The summed E-state index contributed by atoms with van der Waals surface area (Å²) in [6.45, 7) is -0.312. The van der Waals surface area contributed by atoms with Gasteiger partial charge in [-0.25, -0.2) is 13.8 Å². The number of amides is 2. The zero-order valence-corrected chi connectivity index (χ0v) is 17.7. The lowest BCUT2D eigenvalue weighted by atomic mass is 10.0. The van der Waals surface area contributed by atoms with Gasteiger partial charge in [-0.2, -0.15) is 0 Å². The Hall–Kier alpha value is -2.59. The standard InChI is InChI=1S/C22H28F2N4O4/c23-22(24)7-6-19(30)27(13-22)10-15(25)8-20(31)28-11-16(29)9-18(28)21-26-17(12-32-21)14-4-2-1-3-5-14/h1-5,15-18,29H,6-13,25H2/t15-,16+,17+,18-/m0/s1. The SMILES string of the molecule is N[C@@H](CC(=O)N1C[C@H](O)C[C@H]1C1=N[C@@H](c2ccccc2)CO1)CN1CC(F)(F)CCC1=O. The van der Waals surface area contributed by atoms with Crippen LogP contribution in [0.25, 0.3) is 0 Å².